The van der Waals surface area contributed by atoms with Gasteiger partial charge in [-0.25, -0.2) is 0 Å². The number of para-hydroxylation sites is 1. The van der Waals surface area contributed by atoms with Crippen LogP contribution in [0.4, 0.5) is 5.69 Å². The van der Waals surface area contributed by atoms with Gasteiger partial charge in [0.25, 0.3) is 5.91 Å². The maximum absolute atomic E-state index is 12.4. The van der Waals surface area contributed by atoms with Crippen molar-refractivity contribution in [2.75, 3.05) is 18.4 Å². The van der Waals surface area contributed by atoms with Gasteiger partial charge in [0.15, 0.2) is 0 Å². The predicted molar refractivity (Wildman–Crippen MR) is 92.3 cm³/mol. The molecule has 1 fully saturated rings. The van der Waals surface area contributed by atoms with E-state index in [1.54, 1.807) is 24.3 Å². The van der Waals surface area contributed by atoms with Gasteiger partial charge in [-0.15, -0.1) is 0 Å². The number of benzene rings is 1. The molecule has 3 N–H and O–H groups in total. The van der Waals surface area contributed by atoms with Crippen molar-refractivity contribution >= 4 is 23.4 Å². The van der Waals surface area contributed by atoms with E-state index in [9.17, 15) is 14.4 Å². The number of amides is 3. The summed E-state index contributed by atoms with van der Waals surface area (Å²) in [6.07, 6.45) is 1.23. The molecule has 130 valence electrons. The second kappa shape index (κ2) is 7.03. The maximum Gasteiger partial charge on any atom is 0.250 e. The molecule has 0 saturated carbocycles. The fourth-order valence-corrected chi connectivity index (χ4v) is 2.86. The van der Waals surface area contributed by atoms with Crippen LogP contribution in [0.2, 0.25) is 0 Å². The molecule has 6 heteroatoms. The third-order valence-electron chi connectivity index (χ3n) is 4.24. The van der Waals surface area contributed by atoms with E-state index in [1.165, 1.54) is 0 Å². The number of carbonyl (C=O) groups excluding carboxylic acids is 3. The number of rotatable bonds is 3. The van der Waals surface area contributed by atoms with Crippen LogP contribution in [0.1, 0.15) is 44.0 Å². The first-order chi connectivity index (χ1) is 11.2. The van der Waals surface area contributed by atoms with Crippen molar-refractivity contribution in [3.8, 4) is 0 Å². The Morgan fingerprint density at radius 3 is 2.25 bits per heavy atom. The van der Waals surface area contributed by atoms with Crippen molar-refractivity contribution in [2.24, 2.45) is 17.1 Å². The zero-order valence-electron chi connectivity index (χ0n) is 14.5. The van der Waals surface area contributed by atoms with E-state index >= 15 is 0 Å². The molecule has 1 heterocycles. The first-order valence-electron chi connectivity index (χ1n) is 8.19. The van der Waals surface area contributed by atoms with Gasteiger partial charge in [-0.1, -0.05) is 32.9 Å². The Kier molecular flexibility index (Phi) is 5.26. The Morgan fingerprint density at radius 2 is 1.71 bits per heavy atom. The quantitative estimate of drug-likeness (QED) is 0.887. The number of carbonyl (C=O) groups is 3. The van der Waals surface area contributed by atoms with Crippen molar-refractivity contribution < 1.29 is 14.4 Å². The first kappa shape index (κ1) is 18.0. The van der Waals surface area contributed by atoms with Gasteiger partial charge in [-0.3, -0.25) is 14.4 Å². The highest BCUT2D eigenvalue weighted by Gasteiger charge is 2.32. The lowest BCUT2D eigenvalue weighted by Gasteiger charge is -2.35. The van der Waals surface area contributed by atoms with E-state index in [0.29, 0.717) is 37.2 Å². The Bertz CT molecular complexity index is 641. The molecule has 0 aliphatic carbocycles. The van der Waals surface area contributed by atoms with Gasteiger partial charge in [0.2, 0.25) is 11.8 Å². The second-order valence-corrected chi connectivity index (χ2v) is 7.22. The van der Waals surface area contributed by atoms with Gasteiger partial charge in [0.1, 0.15) is 0 Å². The zero-order chi connectivity index (χ0) is 17.9. The van der Waals surface area contributed by atoms with Crippen molar-refractivity contribution in [3.05, 3.63) is 29.8 Å². The number of hydrogen-bond acceptors (Lipinski definition) is 3. The summed E-state index contributed by atoms with van der Waals surface area (Å²) < 4.78 is 0. The van der Waals surface area contributed by atoms with Gasteiger partial charge in [0, 0.05) is 24.4 Å². The lowest BCUT2D eigenvalue weighted by atomic mass is 9.90. The Morgan fingerprint density at radius 1 is 1.12 bits per heavy atom. The largest absolute Gasteiger partial charge is 0.366 e. The average molecular weight is 331 g/mol. The molecule has 0 bridgehead atoms. The molecule has 3 amide bonds. The van der Waals surface area contributed by atoms with Gasteiger partial charge in [0.05, 0.1) is 11.3 Å². The molecular weight excluding hydrogens is 306 g/mol. The summed E-state index contributed by atoms with van der Waals surface area (Å²) in [7, 11) is 0. The maximum atomic E-state index is 12.4. The van der Waals surface area contributed by atoms with Gasteiger partial charge in [-0.05, 0) is 25.0 Å². The molecule has 0 aromatic heterocycles. The van der Waals surface area contributed by atoms with Gasteiger partial charge >= 0.3 is 0 Å². The summed E-state index contributed by atoms with van der Waals surface area (Å²) in [6.45, 7) is 6.84. The topological polar surface area (TPSA) is 92.5 Å². The first-order valence-corrected chi connectivity index (χ1v) is 8.19. The van der Waals surface area contributed by atoms with Crippen LogP contribution >= 0.6 is 0 Å². The summed E-state index contributed by atoms with van der Waals surface area (Å²) in [5.41, 5.74) is 5.65. The zero-order valence-corrected chi connectivity index (χ0v) is 14.5. The van der Waals surface area contributed by atoms with E-state index in [-0.39, 0.29) is 17.7 Å². The second-order valence-electron chi connectivity index (χ2n) is 7.22. The van der Waals surface area contributed by atoms with E-state index in [2.05, 4.69) is 5.32 Å². The molecule has 1 saturated heterocycles. The SMILES string of the molecule is CC(C)(C)C(=O)N1CCC(C(=O)Nc2ccccc2C(N)=O)CC1. The average Bonchev–Trinajstić information content (AvgIpc) is 2.53. The monoisotopic (exact) mass is 331 g/mol. The third kappa shape index (κ3) is 4.13. The minimum atomic E-state index is -0.573. The molecule has 1 aliphatic heterocycles. The summed E-state index contributed by atoms with van der Waals surface area (Å²) in [5.74, 6) is -0.765. The summed E-state index contributed by atoms with van der Waals surface area (Å²) >= 11 is 0. The van der Waals surface area contributed by atoms with Crippen LogP contribution in [0.25, 0.3) is 0 Å². The van der Waals surface area contributed by atoms with Crippen LogP contribution in [0.5, 0.6) is 0 Å². The number of nitrogens with zero attached hydrogens (tertiary/aromatic N) is 1. The smallest absolute Gasteiger partial charge is 0.250 e. The van der Waals surface area contributed by atoms with Crippen LogP contribution in [-0.4, -0.2) is 35.7 Å². The number of anilines is 1. The summed E-state index contributed by atoms with van der Waals surface area (Å²) in [4.78, 5) is 38.0. The molecule has 0 spiro atoms. The summed E-state index contributed by atoms with van der Waals surface area (Å²) in [5, 5.41) is 2.79. The molecule has 0 unspecified atom stereocenters. The molecule has 0 atom stereocenters. The lowest BCUT2D eigenvalue weighted by Crippen LogP contribution is -2.45. The van der Waals surface area contributed by atoms with Crippen LogP contribution in [0.3, 0.4) is 0 Å². The highest BCUT2D eigenvalue weighted by molar-refractivity contribution is 6.03. The lowest BCUT2D eigenvalue weighted by molar-refractivity contribution is -0.142. The predicted octanol–water partition coefficient (Wildman–Crippen LogP) is 2.01. The highest BCUT2D eigenvalue weighted by Crippen LogP contribution is 2.25. The summed E-state index contributed by atoms with van der Waals surface area (Å²) in [6, 6.07) is 6.69. The van der Waals surface area contributed by atoms with Crippen LogP contribution in [-0.2, 0) is 9.59 Å². The number of nitrogens with one attached hydrogen (secondary N) is 1. The number of piperidine rings is 1. The minimum Gasteiger partial charge on any atom is -0.366 e. The molecule has 2 rings (SSSR count). The molecular formula is C18H25N3O3. The molecule has 1 aliphatic rings. The van der Waals surface area contributed by atoms with E-state index in [1.807, 2.05) is 25.7 Å². The number of likely N-dealkylation sites (tertiary alicyclic amines) is 1. The Balaban J connectivity index is 1.97. The van der Waals surface area contributed by atoms with E-state index < -0.39 is 11.3 Å². The fourth-order valence-electron chi connectivity index (χ4n) is 2.86. The van der Waals surface area contributed by atoms with Crippen LogP contribution in [0, 0.1) is 11.3 Å². The van der Waals surface area contributed by atoms with Crippen molar-refractivity contribution in [2.45, 2.75) is 33.6 Å². The van der Waals surface area contributed by atoms with E-state index in [0.717, 1.165) is 0 Å². The standard InChI is InChI=1S/C18H25N3O3/c1-18(2,3)17(24)21-10-8-12(9-11-21)16(23)20-14-7-5-4-6-13(14)15(19)22/h4-7,12H,8-11H2,1-3H3,(H2,19,22)(H,20,23). The Hall–Kier alpha value is -2.37. The number of hydrogen-bond donors (Lipinski definition) is 2. The molecule has 1 aromatic rings. The number of primary amides is 1. The van der Waals surface area contributed by atoms with Gasteiger partial charge in [-0.2, -0.15) is 0 Å². The molecule has 6 nitrogen and oxygen atoms in total. The molecule has 0 radical (unpaired) electrons. The molecule has 24 heavy (non-hydrogen) atoms. The van der Waals surface area contributed by atoms with E-state index in [4.69, 9.17) is 5.73 Å². The number of nitrogens with two attached hydrogens (primary N) is 1. The van der Waals surface area contributed by atoms with Crippen molar-refractivity contribution in [1.82, 2.24) is 4.90 Å². The fraction of sp³-hybridized carbons (Fsp3) is 0.500. The minimum absolute atomic E-state index is 0.112. The van der Waals surface area contributed by atoms with Gasteiger partial charge < -0.3 is 16.0 Å². The Labute approximate surface area is 142 Å². The van der Waals surface area contributed by atoms with Crippen molar-refractivity contribution in [3.63, 3.8) is 0 Å². The molecule has 1 aromatic carbocycles. The van der Waals surface area contributed by atoms with Crippen molar-refractivity contribution in [1.29, 1.82) is 0 Å². The third-order valence-corrected chi connectivity index (χ3v) is 4.24. The van der Waals surface area contributed by atoms with Crippen LogP contribution < -0.4 is 11.1 Å². The normalized spacial score (nSPS) is 15.9. The van der Waals surface area contributed by atoms with Crippen LogP contribution in [0.15, 0.2) is 24.3 Å². The highest BCUT2D eigenvalue weighted by atomic mass is 16.2.